The Hall–Kier alpha value is -3.05. The number of ether oxygens (including phenoxy) is 1. The molecule has 1 aromatic heterocycles. The lowest BCUT2D eigenvalue weighted by molar-refractivity contribution is 0.0492. The first kappa shape index (κ1) is 13.4. The minimum atomic E-state index is -0.518. The Morgan fingerprint density at radius 3 is 2.75 bits per heavy atom. The van der Waals surface area contributed by atoms with Gasteiger partial charge in [-0.05, 0) is 36.8 Å². The zero-order valence-corrected chi connectivity index (χ0v) is 10.7. The van der Waals surface area contributed by atoms with Gasteiger partial charge in [0.15, 0.2) is 0 Å². The molecule has 1 aromatic carbocycles. The molecule has 98 valence electrons. The predicted molar refractivity (Wildman–Crippen MR) is 71.4 cm³/mol. The highest BCUT2D eigenvalue weighted by molar-refractivity contribution is 5.93. The molecule has 0 N–H and O–H groups in total. The van der Waals surface area contributed by atoms with Crippen LogP contribution in [-0.2, 0) is 4.74 Å². The van der Waals surface area contributed by atoms with Gasteiger partial charge in [0.2, 0.25) is 5.76 Å². The number of fused-ring (bicyclic) bond motifs is 1. The summed E-state index contributed by atoms with van der Waals surface area (Å²) in [6, 6.07) is 10.3. The molecule has 0 unspecified atom stereocenters. The number of hydrogen-bond donors (Lipinski definition) is 0. The molecular formula is C15H10N2O3. The average molecular weight is 266 g/mol. The van der Waals surface area contributed by atoms with Gasteiger partial charge < -0.3 is 9.15 Å². The molecule has 0 spiro atoms. The first-order valence-corrected chi connectivity index (χ1v) is 5.90. The van der Waals surface area contributed by atoms with Gasteiger partial charge in [0, 0.05) is 5.39 Å². The van der Waals surface area contributed by atoms with Gasteiger partial charge in [0.1, 0.15) is 23.3 Å². The van der Waals surface area contributed by atoms with Gasteiger partial charge in [-0.3, -0.25) is 0 Å². The second kappa shape index (κ2) is 5.73. The molecule has 0 saturated heterocycles. The van der Waals surface area contributed by atoms with E-state index in [0.29, 0.717) is 16.5 Å². The molecule has 5 heteroatoms. The number of rotatable bonds is 3. The highest BCUT2D eigenvalue weighted by atomic mass is 16.5. The number of hydrogen-bond acceptors (Lipinski definition) is 5. The Labute approximate surface area is 115 Å². The lowest BCUT2D eigenvalue weighted by Gasteiger charge is -1.95. The quantitative estimate of drug-likeness (QED) is 0.629. The van der Waals surface area contributed by atoms with Gasteiger partial charge in [0.05, 0.1) is 6.61 Å². The summed E-state index contributed by atoms with van der Waals surface area (Å²) in [4.78, 5) is 11.6. The van der Waals surface area contributed by atoms with E-state index in [1.54, 1.807) is 43.3 Å². The normalized spacial score (nSPS) is 9.55. The Bertz CT molecular complexity index is 756. The molecule has 0 amide bonds. The molecule has 0 bridgehead atoms. The third kappa shape index (κ3) is 2.68. The van der Waals surface area contributed by atoms with E-state index in [2.05, 4.69) is 0 Å². The maximum atomic E-state index is 11.6. The fourth-order valence-corrected chi connectivity index (χ4v) is 1.71. The Kier molecular flexibility index (Phi) is 3.83. The van der Waals surface area contributed by atoms with Gasteiger partial charge in [-0.25, -0.2) is 4.79 Å². The van der Waals surface area contributed by atoms with Gasteiger partial charge in [-0.1, -0.05) is 6.07 Å². The summed E-state index contributed by atoms with van der Waals surface area (Å²) in [7, 11) is 0. The van der Waals surface area contributed by atoms with Gasteiger partial charge >= 0.3 is 5.97 Å². The minimum Gasteiger partial charge on any atom is -0.460 e. The second-order valence-corrected chi connectivity index (χ2v) is 3.91. The second-order valence-electron chi connectivity index (χ2n) is 3.91. The molecule has 0 aliphatic heterocycles. The monoisotopic (exact) mass is 266 g/mol. The molecule has 0 fully saturated rings. The van der Waals surface area contributed by atoms with Crippen molar-refractivity contribution in [3.8, 4) is 12.1 Å². The lowest BCUT2D eigenvalue weighted by Crippen LogP contribution is -2.02. The largest absolute Gasteiger partial charge is 0.460 e. The number of carbonyl (C=O) groups excluding carboxylic acids is 1. The summed E-state index contributed by atoms with van der Waals surface area (Å²) in [5.74, 6) is -0.390. The van der Waals surface area contributed by atoms with Crippen molar-refractivity contribution >= 4 is 23.0 Å². The number of esters is 1. The van der Waals surface area contributed by atoms with Crippen molar-refractivity contribution in [1.82, 2.24) is 0 Å². The number of nitriles is 2. The maximum absolute atomic E-state index is 11.6. The summed E-state index contributed by atoms with van der Waals surface area (Å²) >= 11 is 0. The first-order chi connectivity index (χ1) is 9.67. The van der Waals surface area contributed by atoms with Crippen LogP contribution in [0.4, 0.5) is 0 Å². The molecule has 2 rings (SSSR count). The highest BCUT2D eigenvalue weighted by Crippen LogP contribution is 2.22. The number of furan rings is 1. The summed E-state index contributed by atoms with van der Waals surface area (Å²) in [6.07, 6.45) is 1.47. The number of nitrogens with zero attached hydrogens (tertiary/aromatic N) is 2. The van der Waals surface area contributed by atoms with Crippen molar-refractivity contribution in [3.63, 3.8) is 0 Å². The molecule has 0 atom stereocenters. The van der Waals surface area contributed by atoms with Crippen LogP contribution in [0.15, 0.2) is 34.3 Å². The SMILES string of the molecule is CCOC(=O)c1cc2cc(C=C(C#N)C#N)ccc2o1. The van der Waals surface area contributed by atoms with Gasteiger partial charge in [-0.15, -0.1) is 0 Å². The van der Waals surface area contributed by atoms with E-state index >= 15 is 0 Å². The van der Waals surface area contributed by atoms with Crippen LogP contribution in [0.2, 0.25) is 0 Å². The molecule has 2 aromatic rings. The van der Waals surface area contributed by atoms with Gasteiger partial charge in [-0.2, -0.15) is 10.5 Å². The van der Waals surface area contributed by atoms with Gasteiger partial charge in [0.25, 0.3) is 0 Å². The fourth-order valence-electron chi connectivity index (χ4n) is 1.71. The molecule has 20 heavy (non-hydrogen) atoms. The Morgan fingerprint density at radius 1 is 1.35 bits per heavy atom. The van der Waals surface area contributed by atoms with Crippen LogP contribution in [0.25, 0.3) is 17.0 Å². The summed E-state index contributed by atoms with van der Waals surface area (Å²) in [5.41, 5.74) is 1.24. The van der Waals surface area contributed by atoms with Crippen molar-refractivity contribution in [2.75, 3.05) is 6.61 Å². The molecule has 1 heterocycles. The lowest BCUT2D eigenvalue weighted by atomic mass is 10.1. The molecule has 0 aliphatic carbocycles. The van der Waals surface area contributed by atoms with E-state index in [0.717, 1.165) is 0 Å². The van der Waals surface area contributed by atoms with Crippen LogP contribution in [0.1, 0.15) is 23.0 Å². The molecule has 5 nitrogen and oxygen atoms in total. The van der Waals surface area contributed by atoms with Crippen LogP contribution < -0.4 is 0 Å². The van der Waals surface area contributed by atoms with E-state index in [-0.39, 0.29) is 17.9 Å². The summed E-state index contributed by atoms with van der Waals surface area (Å²) in [5, 5.41) is 18.1. The van der Waals surface area contributed by atoms with E-state index in [4.69, 9.17) is 19.7 Å². The van der Waals surface area contributed by atoms with Crippen molar-refractivity contribution in [2.24, 2.45) is 0 Å². The number of benzene rings is 1. The topological polar surface area (TPSA) is 87.0 Å². The van der Waals surface area contributed by atoms with Crippen LogP contribution >= 0.6 is 0 Å². The number of carbonyl (C=O) groups is 1. The Morgan fingerprint density at radius 2 is 2.10 bits per heavy atom. The van der Waals surface area contributed by atoms with Crippen LogP contribution in [0, 0.1) is 22.7 Å². The van der Waals surface area contributed by atoms with Crippen LogP contribution in [-0.4, -0.2) is 12.6 Å². The molecule has 0 saturated carbocycles. The third-order valence-electron chi connectivity index (χ3n) is 2.57. The molecular weight excluding hydrogens is 256 g/mol. The smallest absolute Gasteiger partial charge is 0.374 e. The van der Waals surface area contributed by atoms with E-state index in [9.17, 15) is 4.79 Å². The third-order valence-corrected chi connectivity index (χ3v) is 2.57. The highest BCUT2D eigenvalue weighted by Gasteiger charge is 2.13. The first-order valence-electron chi connectivity index (χ1n) is 5.90. The standard InChI is InChI=1S/C15H10N2O3/c1-2-19-15(18)14-7-12-6-10(3-4-13(12)20-14)5-11(8-16)9-17/h3-7H,2H2,1H3. The van der Waals surface area contributed by atoms with Crippen molar-refractivity contribution in [3.05, 3.63) is 41.2 Å². The van der Waals surface area contributed by atoms with Crippen molar-refractivity contribution in [2.45, 2.75) is 6.92 Å². The summed E-state index contributed by atoms with van der Waals surface area (Å²) < 4.78 is 10.2. The molecule has 0 radical (unpaired) electrons. The van der Waals surface area contributed by atoms with Crippen molar-refractivity contribution < 1.29 is 13.9 Å². The van der Waals surface area contributed by atoms with E-state index < -0.39 is 5.97 Å². The Balaban J connectivity index is 2.41. The van der Waals surface area contributed by atoms with Crippen molar-refractivity contribution in [1.29, 1.82) is 10.5 Å². The zero-order valence-electron chi connectivity index (χ0n) is 10.7. The van der Waals surface area contributed by atoms with E-state index in [1.807, 2.05) is 0 Å². The van der Waals surface area contributed by atoms with E-state index in [1.165, 1.54) is 6.08 Å². The number of allylic oxidation sites excluding steroid dienone is 1. The van der Waals surface area contributed by atoms with Crippen LogP contribution in [0.3, 0.4) is 0 Å². The zero-order chi connectivity index (χ0) is 14.5. The predicted octanol–water partition coefficient (Wildman–Crippen LogP) is 3.04. The summed E-state index contributed by atoms with van der Waals surface area (Å²) in [6.45, 7) is 1.99. The fraction of sp³-hybridized carbons (Fsp3) is 0.133. The maximum Gasteiger partial charge on any atom is 0.374 e. The molecule has 0 aliphatic rings. The average Bonchev–Trinajstić information content (AvgIpc) is 2.88. The van der Waals surface area contributed by atoms with Crippen LogP contribution in [0.5, 0.6) is 0 Å². The minimum absolute atomic E-state index is 0.0125.